The smallest absolute Gasteiger partial charge is 0.269 e. The normalized spacial score (nSPS) is 12.4. The summed E-state index contributed by atoms with van der Waals surface area (Å²) < 4.78 is 5.24. The van der Waals surface area contributed by atoms with E-state index < -0.39 is 6.10 Å². The van der Waals surface area contributed by atoms with E-state index in [2.05, 4.69) is 0 Å². The highest BCUT2D eigenvalue weighted by atomic mass is 16.5. The van der Waals surface area contributed by atoms with E-state index in [-0.39, 0.29) is 5.91 Å². The number of nitrogens with zero attached hydrogens (tertiary/aromatic N) is 1. The Kier molecular flexibility index (Phi) is 3.60. The van der Waals surface area contributed by atoms with Crippen molar-refractivity contribution in [1.82, 2.24) is 5.01 Å². The first kappa shape index (κ1) is 12.5. The summed E-state index contributed by atoms with van der Waals surface area (Å²) in [5, 5.41) is 3.25. The second-order valence-electron chi connectivity index (χ2n) is 4.17. The summed E-state index contributed by atoms with van der Waals surface area (Å²) in [5.74, 6) is 5.20. The Morgan fingerprint density at radius 2 is 1.89 bits per heavy atom. The van der Waals surface area contributed by atoms with Crippen LogP contribution in [-0.2, 0) is 9.53 Å². The van der Waals surface area contributed by atoms with Crippen molar-refractivity contribution < 1.29 is 9.53 Å². The summed E-state index contributed by atoms with van der Waals surface area (Å²) in [5.41, 5.74) is 0.804. The first-order valence-electron chi connectivity index (χ1n) is 5.67. The molecule has 0 aliphatic carbocycles. The van der Waals surface area contributed by atoms with Crippen LogP contribution in [0.3, 0.4) is 0 Å². The Balaban J connectivity index is 2.42. The Bertz CT molecular complexity index is 566. The number of carbonyl (C=O) groups is 1. The molecule has 1 amide bonds. The zero-order valence-corrected chi connectivity index (χ0v) is 10.5. The molecule has 0 fully saturated rings. The van der Waals surface area contributed by atoms with Crippen molar-refractivity contribution in [2.24, 2.45) is 5.84 Å². The van der Waals surface area contributed by atoms with Gasteiger partial charge in [0.25, 0.3) is 5.91 Å². The molecule has 4 heteroatoms. The molecule has 94 valence electrons. The lowest BCUT2D eigenvalue weighted by atomic mass is 10.0. The molecule has 0 aromatic heterocycles. The molecule has 0 bridgehead atoms. The predicted molar refractivity (Wildman–Crippen MR) is 70.7 cm³/mol. The first-order chi connectivity index (χ1) is 8.63. The molecule has 1 unspecified atom stereocenters. The third kappa shape index (κ3) is 2.34. The van der Waals surface area contributed by atoms with Gasteiger partial charge in [-0.05, 0) is 22.4 Å². The molecule has 4 nitrogen and oxygen atoms in total. The van der Waals surface area contributed by atoms with Crippen LogP contribution in [0.4, 0.5) is 0 Å². The number of carbonyl (C=O) groups excluding carboxylic acids is 1. The average molecular weight is 244 g/mol. The van der Waals surface area contributed by atoms with Crippen LogP contribution in [0.2, 0.25) is 0 Å². The summed E-state index contributed by atoms with van der Waals surface area (Å²) in [6.45, 7) is 0. The maximum Gasteiger partial charge on any atom is 0.269 e. The zero-order chi connectivity index (χ0) is 13.1. The van der Waals surface area contributed by atoms with Gasteiger partial charge >= 0.3 is 0 Å². The minimum absolute atomic E-state index is 0.271. The number of hydrogen-bond acceptors (Lipinski definition) is 3. The molecule has 0 heterocycles. The lowest BCUT2D eigenvalue weighted by Gasteiger charge is -2.19. The molecule has 2 aromatic rings. The number of likely N-dealkylation sites (N-methyl/N-ethyl adjacent to an activating group) is 1. The van der Waals surface area contributed by atoms with Gasteiger partial charge in [-0.15, -0.1) is 0 Å². The molecule has 0 spiro atoms. The Hall–Kier alpha value is -1.91. The van der Waals surface area contributed by atoms with Gasteiger partial charge in [-0.25, -0.2) is 5.84 Å². The standard InChI is InChI=1S/C14H16N2O2/c1-16(15)14(17)13(18-2)12-8-7-10-5-3-4-6-11(10)9-12/h3-9,13H,15H2,1-2H3. The number of hydrazine groups is 1. The molecule has 0 saturated carbocycles. The molecule has 2 aromatic carbocycles. The Morgan fingerprint density at radius 1 is 1.22 bits per heavy atom. The van der Waals surface area contributed by atoms with Crippen molar-refractivity contribution in [2.45, 2.75) is 6.10 Å². The quantitative estimate of drug-likeness (QED) is 0.509. The second kappa shape index (κ2) is 5.16. The topological polar surface area (TPSA) is 55.6 Å². The lowest BCUT2D eigenvalue weighted by Crippen LogP contribution is -2.37. The van der Waals surface area contributed by atoms with Crippen LogP contribution in [0, 0.1) is 0 Å². The van der Waals surface area contributed by atoms with Gasteiger partial charge in [0.2, 0.25) is 0 Å². The third-order valence-corrected chi connectivity index (χ3v) is 2.88. The number of ether oxygens (including phenoxy) is 1. The van der Waals surface area contributed by atoms with Crippen molar-refractivity contribution >= 4 is 16.7 Å². The number of amides is 1. The summed E-state index contributed by atoms with van der Waals surface area (Å²) in [6.07, 6.45) is -0.662. The fourth-order valence-electron chi connectivity index (χ4n) is 1.94. The fourth-order valence-corrected chi connectivity index (χ4v) is 1.94. The van der Waals surface area contributed by atoms with Crippen molar-refractivity contribution in [2.75, 3.05) is 14.2 Å². The molecule has 0 aliphatic rings. The van der Waals surface area contributed by atoms with Crippen molar-refractivity contribution in [3.8, 4) is 0 Å². The van der Waals surface area contributed by atoms with Crippen LogP contribution in [0.15, 0.2) is 42.5 Å². The highest BCUT2D eigenvalue weighted by Crippen LogP contribution is 2.23. The number of benzene rings is 2. The second-order valence-corrected chi connectivity index (χ2v) is 4.17. The van der Waals surface area contributed by atoms with Crippen LogP contribution in [0.1, 0.15) is 11.7 Å². The summed E-state index contributed by atoms with van der Waals surface area (Å²) in [7, 11) is 3.01. The van der Waals surface area contributed by atoms with Crippen LogP contribution >= 0.6 is 0 Å². The lowest BCUT2D eigenvalue weighted by molar-refractivity contribution is -0.141. The minimum atomic E-state index is -0.662. The largest absolute Gasteiger partial charge is 0.367 e. The molecule has 2 N–H and O–H groups in total. The first-order valence-corrected chi connectivity index (χ1v) is 5.67. The maximum atomic E-state index is 11.9. The van der Waals surface area contributed by atoms with Gasteiger partial charge in [0.1, 0.15) is 0 Å². The molecule has 18 heavy (non-hydrogen) atoms. The van der Waals surface area contributed by atoms with Crippen LogP contribution in [-0.4, -0.2) is 25.1 Å². The number of methoxy groups -OCH3 is 1. The van der Waals surface area contributed by atoms with E-state index in [1.54, 1.807) is 0 Å². The van der Waals surface area contributed by atoms with Gasteiger partial charge in [-0.3, -0.25) is 9.80 Å². The molecule has 0 radical (unpaired) electrons. The summed E-state index contributed by atoms with van der Waals surface area (Å²) in [4.78, 5) is 11.9. The highest BCUT2D eigenvalue weighted by Gasteiger charge is 2.22. The average Bonchev–Trinajstić information content (AvgIpc) is 2.39. The van der Waals surface area contributed by atoms with Gasteiger partial charge < -0.3 is 4.74 Å². The van der Waals surface area contributed by atoms with Gasteiger partial charge in [-0.1, -0.05) is 36.4 Å². The van der Waals surface area contributed by atoms with Crippen LogP contribution in [0.5, 0.6) is 0 Å². The monoisotopic (exact) mass is 244 g/mol. The van der Waals surface area contributed by atoms with Crippen LogP contribution in [0.25, 0.3) is 10.8 Å². The minimum Gasteiger partial charge on any atom is -0.367 e. The van der Waals surface area contributed by atoms with Gasteiger partial charge in [0.15, 0.2) is 6.10 Å². The number of rotatable bonds is 3. The van der Waals surface area contributed by atoms with Crippen molar-refractivity contribution in [3.63, 3.8) is 0 Å². The number of hydrogen-bond donors (Lipinski definition) is 1. The van der Waals surface area contributed by atoms with E-state index >= 15 is 0 Å². The summed E-state index contributed by atoms with van der Waals surface area (Å²) >= 11 is 0. The van der Waals surface area contributed by atoms with Crippen LogP contribution < -0.4 is 5.84 Å². The molecule has 0 saturated heterocycles. The SMILES string of the molecule is COC(C(=O)N(C)N)c1ccc2ccccc2c1. The number of fused-ring (bicyclic) bond motifs is 1. The van der Waals surface area contributed by atoms with E-state index in [9.17, 15) is 4.79 Å². The third-order valence-electron chi connectivity index (χ3n) is 2.88. The van der Waals surface area contributed by atoms with Crippen molar-refractivity contribution in [3.05, 3.63) is 48.0 Å². The molecule has 2 rings (SSSR count). The highest BCUT2D eigenvalue weighted by molar-refractivity contribution is 5.86. The molecular weight excluding hydrogens is 228 g/mol. The van der Waals surface area contributed by atoms with E-state index in [0.29, 0.717) is 0 Å². The summed E-state index contributed by atoms with van der Waals surface area (Å²) in [6, 6.07) is 13.8. The fraction of sp³-hybridized carbons (Fsp3) is 0.214. The number of nitrogens with two attached hydrogens (primary N) is 1. The van der Waals surface area contributed by atoms with E-state index in [4.69, 9.17) is 10.6 Å². The van der Waals surface area contributed by atoms with Gasteiger partial charge in [0, 0.05) is 14.2 Å². The molecule has 1 atom stereocenters. The van der Waals surface area contributed by atoms with Gasteiger partial charge in [-0.2, -0.15) is 0 Å². The Labute approximate surface area is 106 Å². The molecular formula is C14H16N2O2. The Morgan fingerprint density at radius 3 is 2.50 bits per heavy atom. The van der Waals surface area contributed by atoms with E-state index in [1.165, 1.54) is 14.2 Å². The zero-order valence-electron chi connectivity index (χ0n) is 10.5. The maximum absolute atomic E-state index is 11.9. The van der Waals surface area contributed by atoms with Gasteiger partial charge in [0.05, 0.1) is 0 Å². The molecule has 0 aliphatic heterocycles. The van der Waals surface area contributed by atoms with Crippen molar-refractivity contribution in [1.29, 1.82) is 0 Å². The van der Waals surface area contributed by atoms with E-state index in [0.717, 1.165) is 21.3 Å². The predicted octanol–water partition coefficient (Wildman–Crippen LogP) is 1.86. The van der Waals surface area contributed by atoms with E-state index in [1.807, 2.05) is 42.5 Å².